The first-order chi connectivity index (χ1) is 13.5. The summed E-state index contributed by atoms with van der Waals surface area (Å²) in [6.45, 7) is 9.39. The molecule has 0 rings (SSSR count). The van der Waals surface area contributed by atoms with Crippen LogP contribution in [0.3, 0.4) is 0 Å². The lowest BCUT2D eigenvalue weighted by molar-refractivity contribution is -0.0476. The topological polar surface area (TPSA) is 80.3 Å². The zero-order valence-corrected chi connectivity index (χ0v) is 20.1. The van der Waals surface area contributed by atoms with E-state index in [1.165, 1.54) is 44.9 Å². The molecular weight excluding hydrogens is 479 g/mol. The number of nitrogens with one attached hydrogen (secondary N) is 1. The summed E-state index contributed by atoms with van der Waals surface area (Å²) in [6, 6.07) is 0. The lowest BCUT2D eigenvalue weighted by atomic mass is 10.2. The van der Waals surface area contributed by atoms with Crippen molar-refractivity contribution in [1.29, 1.82) is 0 Å². The predicted octanol–water partition coefficient (Wildman–Crippen LogP) is 5.92. The van der Waals surface area contributed by atoms with E-state index in [0.29, 0.717) is 7.92 Å². The predicted molar refractivity (Wildman–Crippen MR) is 109 cm³/mol. The Hall–Kier alpha value is -0.130. The van der Waals surface area contributed by atoms with E-state index >= 15 is 0 Å². The SMILES string of the molecule is CCCCP(CCCC)C(CC)CCC.O=S(=O)(NS(=O)(=O)C(F)(F)F)C(F)(F)F. The zero-order chi connectivity index (χ0) is 24.2. The second kappa shape index (κ2) is 14.1. The average Bonchev–Trinajstić information content (AvgIpc) is 2.58. The van der Waals surface area contributed by atoms with Gasteiger partial charge in [-0.3, -0.25) is 0 Å². The molecule has 14 heteroatoms. The number of halogens is 6. The molecule has 0 aromatic heterocycles. The Morgan fingerprint density at radius 1 is 0.733 bits per heavy atom. The molecule has 0 heterocycles. The van der Waals surface area contributed by atoms with Crippen LogP contribution in [-0.4, -0.2) is 45.8 Å². The zero-order valence-electron chi connectivity index (χ0n) is 17.6. The third kappa shape index (κ3) is 12.0. The van der Waals surface area contributed by atoms with Gasteiger partial charge in [0, 0.05) is 0 Å². The van der Waals surface area contributed by atoms with Crippen molar-refractivity contribution >= 4 is 28.0 Å². The van der Waals surface area contributed by atoms with Gasteiger partial charge in [-0.15, -0.1) is 7.92 Å². The first-order valence-electron chi connectivity index (χ1n) is 9.65. The molecule has 0 aliphatic rings. The van der Waals surface area contributed by atoms with E-state index in [4.69, 9.17) is 0 Å². The highest BCUT2D eigenvalue weighted by Crippen LogP contribution is 2.46. The van der Waals surface area contributed by atoms with Gasteiger partial charge in [0.1, 0.15) is 0 Å². The van der Waals surface area contributed by atoms with E-state index in [1.54, 1.807) is 12.3 Å². The van der Waals surface area contributed by atoms with Crippen LogP contribution < -0.4 is 4.13 Å². The van der Waals surface area contributed by atoms with Crippen LogP contribution in [0.1, 0.15) is 72.6 Å². The molecule has 0 aromatic rings. The number of alkyl halides is 6. The highest BCUT2D eigenvalue weighted by molar-refractivity contribution is 8.05. The van der Waals surface area contributed by atoms with Crippen molar-refractivity contribution < 1.29 is 43.2 Å². The minimum absolute atomic E-state index is 0.358. The van der Waals surface area contributed by atoms with Crippen molar-refractivity contribution in [3.8, 4) is 0 Å². The molecule has 0 aliphatic heterocycles. The molecule has 0 saturated heterocycles. The van der Waals surface area contributed by atoms with Gasteiger partial charge >= 0.3 is 31.1 Å². The van der Waals surface area contributed by atoms with E-state index < -0.39 is 35.2 Å². The van der Waals surface area contributed by atoms with Crippen LogP contribution in [0.5, 0.6) is 0 Å². The third-order valence-corrected chi connectivity index (χ3v) is 10.4. The van der Waals surface area contributed by atoms with E-state index in [2.05, 4.69) is 27.7 Å². The smallest absolute Gasteiger partial charge is 0.202 e. The molecule has 0 saturated carbocycles. The number of hydrogen-bond acceptors (Lipinski definition) is 4. The summed E-state index contributed by atoms with van der Waals surface area (Å²) in [6.07, 6.45) is 13.1. The molecule has 0 aromatic carbocycles. The maximum Gasteiger partial charge on any atom is 0.512 e. The molecule has 1 atom stereocenters. The van der Waals surface area contributed by atoms with Crippen LogP contribution in [0, 0.1) is 0 Å². The summed E-state index contributed by atoms with van der Waals surface area (Å²) in [5, 5.41) is 0. The summed E-state index contributed by atoms with van der Waals surface area (Å²) in [5.41, 5.74) is -11.2. The molecule has 0 bridgehead atoms. The lowest BCUT2D eigenvalue weighted by Gasteiger charge is -2.26. The fraction of sp³-hybridized carbons (Fsp3) is 1.00. The molecular formula is C16H32F6NO4PS2. The van der Waals surface area contributed by atoms with Crippen LogP contribution in [0.15, 0.2) is 0 Å². The molecule has 5 nitrogen and oxygen atoms in total. The molecule has 1 N–H and O–H groups in total. The van der Waals surface area contributed by atoms with Gasteiger partial charge in [-0.25, -0.2) is 16.8 Å². The van der Waals surface area contributed by atoms with E-state index in [0.717, 1.165) is 5.66 Å². The van der Waals surface area contributed by atoms with Gasteiger partial charge in [0.05, 0.1) is 0 Å². The Morgan fingerprint density at radius 2 is 1.10 bits per heavy atom. The normalized spacial score (nSPS) is 14.4. The molecule has 0 spiro atoms. The summed E-state index contributed by atoms with van der Waals surface area (Å²) in [7, 11) is -12.8. The molecule has 0 fully saturated rings. The van der Waals surface area contributed by atoms with Gasteiger partial charge in [0.2, 0.25) is 0 Å². The van der Waals surface area contributed by atoms with Crippen molar-refractivity contribution in [3.05, 3.63) is 0 Å². The van der Waals surface area contributed by atoms with Crippen molar-refractivity contribution in [3.63, 3.8) is 0 Å². The summed E-state index contributed by atoms with van der Waals surface area (Å²) in [4.78, 5) is 0. The average molecular weight is 512 g/mol. The number of unbranched alkanes of at least 4 members (excludes halogenated alkanes) is 2. The van der Waals surface area contributed by atoms with Crippen molar-refractivity contribution in [1.82, 2.24) is 4.13 Å². The maximum absolute atomic E-state index is 11.5. The van der Waals surface area contributed by atoms with Crippen LogP contribution in [0.25, 0.3) is 0 Å². The number of rotatable bonds is 12. The van der Waals surface area contributed by atoms with Gasteiger partial charge in [-0.05, 0) is 43.7 Å². The van der Waals surface area contributed by atoms with Crippen LogP contribution in [0.4, 0.5) is 26.3 Å². The van der Waals surface area contributed by atoms with Gasteiger partial charge in [0.25, 0.3) is 0 Å². The first kappa shape index (κ1) is 32.1. The van der Waals surface area contributed by atoms with Crippen molar-refractivity contribution in [2.24, 2.45) is 0 Å². The van der Waals surface area contributed by atoms with Gasteiger partial charge in [-0.1, -0.05) is 51.1 Å². The Morgan fingerprint density at radius 3 is 1.33 bits per heavy atom. The highest BCUT2D eigenvalue weighted by Gasteiger charge is 2.55. The molecule has 184 valence electrons. The second-order valence-corrected chi connectivity index (χ2v) is 13.0. The van der Waals surface area contributed by atoms with Crippen LogP contribution in [-0.2, 0) is 20.0 Å². The first-order valence-corrected chi connectivity index (χ1v) is 14.4. The fourth-order valence-corrected chi connectivity index (χ4v) is 7.87. The maximum atomic E-state index is 11.5. The van der Waals surface area contributed by atoms with Crippen LogP contribution >= 0.6 is 7.92 Å². The van der Waals surface area contributed by atoms with Gasteiger partial charge < -0.3 is 0 Å². The van der Waals surface area contributed by atoms with Crippen molar-refractivity contribution in [2.45, 2.75) is 89.3 Å². The minimum atomic E-state index is -6.60. The Labute approximate surface area is 177 Å². The lowest BCUT2D eigenvalue weighted by Crippen LogP contribution is -2.45. The summed E-state index contributed by atoms with van der Waals surface area (Å²) in [5.74, 6) is 0. The van der Waals surface area contributed by atoms with Gasteiger partial charge in [-0.2, -0.15) is 26.3 Å². The van der Waals surface area contributed by atoms with E-state index in [-0.39, 0.29) is 0 Å². The van der Waals surface area contributed by atoms with E-state index in [1.807, 2.05) is 0 Å². The molecule has 1 unspecified atom stereocenters. The van der Waals surface area contributed by atoms with Gasteiger partial charge in [0.15, 0.2) is 0 Å². The Balaban J connectivity index is 0. The largest absolute Gasteiger partial charge is 0.512 e. The third-order valence-electron chi connectivity index (χ3n) is 4.04. The molecule has 30 heavy (non-hydrogen) atoms. The monoisotopic (exact) mass is 511 g/mol. The Bertz CT molecular complexity index is 616. The van der Waals surface area contributed by atoms with Crippen LogP contribution in [0.2, 0.25) is 0 Å². The minimum Gasteiger partial charge on any atom is -0.202 e. The molecule has 0 amide bonds. The Kier molecular flexibility index (Phi) is 15.1. The fourth-order valence-electron chi connectivity index (χ4n) is 2.42. The summed E-state index contributed by atoms with van der Waals surface area (Å²) >= 11 is 0. The standard InChI is InChI=1S/C14H31P.C2HF6NO4S2/c1-5-9-12-15(13-10-6-2)14(8-4)11-7-3;3-1(4,5)14(10,11)9-15(12,13)2(6,7)8/h14H,5-13H2,1-4H3;9H. The number of hydrogen-bond donors (Lipinski definition) is 1. The quantitative estimate of drug-likeness (QED) is 0.261. The van der Waals surface area contributed by atoms with E-state index in [9.17, 15) is 43.2 Å². The summed E-state index contributed by atoms with van der Waals surface area (Å²) < 4.78 is 108. The van der Waals surface area contributed by atoms with Crippen molar-refractivity contribution in [2.75, 3.05) is 12.3 Å². The highest BCUT2D eigenvalue weighted by atomic mass is 32.3. The molecule has 0 radical (unpaired) electrons. The number of sulfonamides is 2. The second-order valence-electron chi connectivity index (χ2n) is 6.58. The molecule has 0 aliphatic carbocycles.